The molecule has 0 aromatic carbocycles. The average Bonchev–Trinajstić information content (AvgIpc) is 2.67. The lowest BCUT2D eigenvalue weighted by molar-refractivity contribution is 0.146. The fourth-order valence-electron chi connectivity index (χ4n) is 1.40. The fraction of sp³-hybridized carbons (Fsp3) is 0.625. The molecule has 0 spiro atoms. The molecule has 0 bridgehead atoms. The number of hydrogen-bond acceptors (Lipinski definition) is 6. The van der Waals surface area contributed by atoms with Crippen molar-refractivity contribution >= 4 is 0 Å². The third kappa shape index (κ3) is 1.83. The van der Waals surface area contributed by atoms with Crippen molar-refractivity contribution in [2.75, 3.05) is 13.1 Å². The Kier molecular flexibility index (Phi) is 2.60. The van der Waals surface area contributed by atoms with Crippen molar-refractivity contribution in [3.05, 3.63) is 5.69 Å². The first-order valence-electron chi connectivity index (χ1n) is 4.50. The first kappa shape index (κ1) is 8.97. The molecule has 1 aliphatic rings. The van der Waals surface area contributed by atoms with Crippen LogP contribution < -0.4 is 10.1 Å². The Morgan fingerprint density at radius 1 is 1.43 bits per heavy atom. The molecule has 0 saturated carbocycles. The summed E-state index contributed by atoms with van der Waals surface area (Å²) in [6.45, 7) is 1.86. The van der Waals surface area contributed by atoms with Crippen molar-refractivity contribution in [2.45, 2.75) is 18.9 Å². The van der Waals surface area contributed by atoms with E-state index in [4.69, 9.17) is 10.00 Å². The normalized spacial score (nSPS) is 17.6. The molecule has 1 fully saturated rings. The topological polar surface area (TPSA) is 84.0 Å². The molecular weight excluding hydrogens is 184 g/mol. The summed E-state index contributed by atoms with van der Waals surface area (Å²) in [5, 5.41) is 18.8. The average molecular weight is 194 g/mol. The summed E-state index contributed by atoms with van der Waals surface area (Å²) >= 11 is 0. The van der Waals surface area contributed by atoms with Crippen molar-refractivity contribution in [3.8, 4) is 11.9 Å². The number of aromatic nitrogens is 2. The van der Waals surface area contributed by atoms with Gasteiger partial charge >= 0.3 is 0 Å². The van der Waals surface area contributed by atoms with Crippen LogP contribution in [0.25, 0.3) is 0 Å². The Balaban J connectivity index is 1.99. The summed E-state index contributed by atoms with van der Waals surface area (Å²) in [5.41, 5.74) is 0.114. The second kappa shape index (κ2) is 4.07. The third-order valence-electron chi connectivity index (χ3n) is 2.13. The Labute approximate surface area is 80.8 Å². The Morgan fingerprint density at radius 2 is 2.21 bits per heavy atom. The molecule has 0 amide bonds. The molecular formula is C8H10N4O2. The van der Waals surface area contributed by atoms with Crippen LogP contribution >= 0.6 is 0 Å². The molecule has 6 heteroatoms. The van der Waals surface area contributed by atoms with Gasteiger partial charge in [0.05, 0.1) is 0 Å². The summed E-state index contributed by atoms with van der Waals surface area (Å²) in [5.74, 6) is 0.208. The van der Waals surface area contributed by atoms with Crippen LogP contribution in [-0.4, -0.2) is 29.5 Å². The monoisotopic (exact) mass is 194 g/mol. The van der Waals surface area contributed by atoms with Crippen molar-refractivity contribution in [2.24, 2.45) is 0 Å². The van der Waals surface area contributed by atoms with Gasteiger partial charge in [-0.3, -0.25) is 0 Å². The van der Waals surface area contributed by atoms with E-state index in [9.17, 15) is 0 Å². The summed E-state index contributed by atoms with van der Waals surface area (Å²) in [7, 11) is 0. The van der Waals surface area contributed by atoms with E-state index in [1.165, 1.54) is 0 Å². The number of nitrogens with one attached hydrogen (secondary N) is 1. The van der Waals surface area contributed by atoms with E-state index in [0.717, 1.165) is 25.9 Å². The largest absolute Gasteiger partial charge is 0.470 e. The summed E-state index contributed by atoms with van der Waals surface area (Å²) < 4.78 is 9.90. The van der Waals surface area contributed by atoms with Crippen molar-refractivity contribution in [1.82, 2.24) is 15.6 Å². The standard InChI is InChI=1S/C8H10N4O2/c9-5-7-8(12-14-11-7)13-6-1-3-10-4-2-6/h6,10H,1-4H2. The van der Waals surface area contributed by atoms with Gasteiger partial charge in [-0.1, -0.05) is 0 Å². The number of piperidine rings is 1. The van der Waals surface area contributed by atoms with Gasteiger partial charge in [0.1, 0.15) is 12.2 Å². The van der Waals surface area contributed by atoms with Crippen molar-refractivity contribution < 1.29 is 9.37 Å². The molecule has 1 saturated heterocycles. The summed E-state index contributed by atoms with van der Waals surface area (Å²) in [6, 6.07) is 1.86. The number of rotatable bonds is 2. The van der Waals surface area contributed by atoms with Gasteiger partial charge in [-0.2, -0.15) is 5.26 Å². The highest BCUT2D eigenvalue weighted by Crippen LogP contribution is 2.16. The van der Waals surface area contributed by atoms with E-state index >= 15 is 0 Å². The third-order valence-corrected chi connectivity index (χ3v) is 2.13. The molecule has 74 valence electrons. The fourth-order valence-corrected chi connectivity index (χ4v) is 1.40. The highest BCUT2D eigenvalue weighted by atomic mass is 16.6. The lowest BCUT2D eigenvalue weighted by Gasteiger charge is -2.21. The quantitative estimate of drug-likeness (QED) is 0.717. The summed E-state index contributed by atoms with van der Waals surface area (Å²) in [6.07, 6.45) is 1.94. The van der Waals surface area contributed by atoms with Gasteiger partial charge < -0.3 is 10.1 Å². The van der Waals surface area contributed by atoms with Crippen LogP contribution in [0.2, 0.25) is 0 Å². The van der Waals surface area contributed by atoms with Crippen LogP contribution in [0.15, 0.2) is 4.63 Å². The number of nitriles is 1. The minimum Gasteiger partial charge on any atom is -0.470 e. The smallest absolute Gasteiger partial charge is 0.294 e. The molecule has 1 aromatic rings. The first-order chi connectivity index (χ1) is 6.90. The molecule has 0 radical (unpaired) electrons. The predicted octanol–water partition coefficient (Wildman–Crippen LogP) is 0.0721. The zero-order chi connectivity index (χ0) is 9.80. The molecule has 0 unspecified atom stereocenters. The van der Waals surface area contributed by atoms with Gasteiger partial charge in [0.15, 0.2) is 0 Å². The van der Waals surface area contributed by atoms with Gasteiger partial charge in [-0.15, -0.1) is 0 Å². The molecule has 1 N–H and O–H groups in total. The van der Waals surface area contributed by atoms with E-state index in [-0.39, 0.29) is 17.7 Å². The molecule has 2 rings (SSSR count). The molecule has 0 aliphatic carbocycles. The van der Waals surface area contributed by atoms with Crippen molar-refractivity contribution in [1.29, 1.82) is 5.26 Å². The number of ether oxygens (including phenoxy) is 1. The highest BCUT2D eigenvalue weighted by Gasteiger charge is 2.19. The lowest BCUT2D eigenvalue weighted by atomic mass is 10.1. The van der Waals surface area contributed by atoms with E-state index in [0.29, 0.717) is 0 Å². The van der Waals surface area contributed by atoms with Crippen LogP contribution in [0.1, 0.15) is 18.5 Å². The maximum atomic E-state index is 8.63. The van der Waals surface area contributed by atoms with Crippen LogP contribution in [-0.2, 0) is 0 Å². The van der Waals surface area contributed by atoms with Crippen LogP contribution in [0, 0.1) is 11.3 Å². The minimum atomic E-state index is 0.107. The van der Waals surface area contributed by atoms with Gasteiger partial charge in [0.25, 0.3) is 5.88 Å². The SMILES string of the molecule is N#Cc1nonc1OC1CCNCC1. The molecule has 2 heterocycles. The van der Waals surface area contributed by atoms with E-state index in [1.807, 2.05) is 6.07 Å². The second-order valence-electron chi connectivity index (χ2n) is 3.10. The molecule has 1 aromatic heterocycles. The van der Waals surface area contributed by atoms with E-state index < -0.39 is 0 Å². The second-order valence-corrected chi connectivity index (χ2v) is 3.10. The van der Waals surface area contributed by atoms with Gasteiger partial charge in [0, 0.05) is 0 Å². The van der Waals surface area contributed by atoms with Crippen LogP contribution in [0.3, 0.4) is 0 Å². The molecule has 1 aliphatic heterocycles. The van der Waals surface area contributed by atoms with E-state index in [2.05, 4.69) is 20.3 Å². The zero-order valence-corrected chi connectivity index (χ0v) is 7.56. The Hall–Kier alpha value is -1.61. The van der Waals surface area contributed by atoms with Crippen molar-refractivity contribution in [3.63, 3.8) is 0 Å². The zero-order valence-electron chi connectivity index (χ0n) is 7.56. The Bertz CT molecular complexity index is 337. The van der Waals surface area contributed by atoms with E-state index in [1.54, 1.807) is 0 Å². The number of hydrogen-bond donors (Lipinski definition) is 1. The summed E-state index contributed by atoms with van der Waals surface area (Å²) in [4.78, 5) is 0. The molecule has 14 heavy (non-hydrogen) atoms. The van der Waals surface area contributed by atoms with Gasteiger partial charge in [-0.05, 0) is 36.2 Å². The molecule has 6 nitrogen and oxygen atoms in total. The van der Waals surface area contributed by atoms with Crippen LogP contribution in [0.4, 0.5) is 0 Å². The van der Waals surface area contributed by atoms with Gasteiger partial charge in [-0.25, -0.2) is 4.63 Å². The highest BCUT2D eigenvalue weighted by molar-refractivity contribution is 5.28. The van der Waals surface area contributed by atoms with Crippen LogP contribution in [0.5, 0.6) is 5.88 Å². The maximum Gasteiger partial charge on any atom is 0.294 e. The lowest BCUT2D eigenvalue weighted by Crippen LogP contribution is -2.34. The minimum absolute atomic E-state index is 0.107. The predicted molar refractivity (Wildman–Crippen MR) is 45.5 cm³/mol. The molecule has 0 atom stereocenters. The maximum absolute atomic E-state index is 8.63. The van der Waals surface area contributed by atoms with Gasteiger partial charge in [0.2, 0.25) is 5.69 Å². The Morgan fingerprint density at radius 3 is 2.93 bits per heavy atom. The first-order valence-corrected chi connectivity index (χ1v) is 4.50. The number of nitrogens with zero attached hydrogens (tertiary/aromatic N) is 3.